The molecule has 1 N–H and O–H groups in total. The first-order valence-electron chi connectivity index (χ1n) is 6.42. The topological polar surface area (TPSA) is 23.5 Å². The first kappa shape index (κ1) is 13.5. The van der Waals surface area contributed by atoms with Gasteiger partial charge in [-0.1, -0.05) is 25.7 Å². The summed E-state index contributed by atoms with van der Waals surface area (Å²) in [5.41, 5.74) is -0.0344. The van der Waals surface area contributed by atoms with E-state index in [-0.39, 0.29) is 11.6 Å². The van der Waals surface area contributed by atoms with Crippen LogP contribution < -0.4 is 0 Å². The average Bonchev–Trinajstić information content (AvgIpc) is 2.52. The van der Waals surface area contributed by atoms with E-state index in [0.717, 1.165) is 19.3 Å². The van der Waals surface area contributed by atoms with E-state index in [4.69, 9.17) is 6.42 Å². The molecule has 0 saturated heterocycles. The van der Waals surface area contributed by atoms with E-state index in [0.29, 0.717) is 6.42 Å². The van der Waals surface area contributed by atoms with Gasteiger partial charge < -0.3 is 10.0 Å². The summed E-state index contributed by atoms with van der Waals surface area (Å²) in [5.74, 6) is 2.63. The summed E-state index contributed by atoms with van der Waals surface area (Å²) in [5, 5.41) is 10.4. The Hall–Kier alpha value is -0.520. The van der Waals surface area contributed by atoms with Crippen LogP contribution >= 0.6 is 0 Å². The summed E-state index contributed by atoms with van der Waals surface area (Å²) in [6, 6.07) is 0. The van der Waals surface area contributed by atoms with Crippen molar-refractivity contribution in [3.8, 4) is 12.3 Å². The van der Waals surface area contributed by atoms with Gasteiger partial charge in [-0.05, 0) is 33.4 Å². The Morgan fingerprint density at radius 2 is 1.81 bits per heavy atom. The predicted octanol–water partition coefficient (Wildman–Crippen LogP) is 2.42. The lowest BCUT2D eigenvalue weighted by molar-refractivity contribution is -0.0214. The Kier molecular flexibility index (Phi) is 5.31. The molecular weight excluding hydrogens is 198 g/mol. The highest BCUT2D eigenvalue weighted by molar-refractivity contribution is 4.97. The smallest absolute Gasteiger partial charge is 0.0732 e. The summed E-state index contributed by atoms with van der Waals surface area (Å²) in [7, 11) is 4.18. The fourth-order valence-electron chi connectivity index (χ4n) is 2.91. The molecule has 2 nitrogen and oxygen atoms in total. The van der Waals surface area contributed by atoms with Crippen LogP contribution in [0.4, 0.5) is 0 Å². The fourth-order valence-corrected chi connectivity index (χ4v) is 2.91. The van der Waals surface area contributed by atoms with Gasteiger partial charge in [0.25, 0.3) is 0 Å². The second-order valence-electron chi connectivity index (χ2n) is 5.17. The third-order valence-corrected chi connectivity index (χ3v) is 4.04. The van der Waals surface area contributed by atoms with Crippen LogP contribution in [-0.2, 0) is 0 Å². The van der Waals surface area contributed by atoms with Crippen molar-refractivity contribution in [1.82, 2.24) is 4.90 Å². The van der Waals surface area contributed by atoms with E-state index < -0.39 is 0 Å². The highest BCUT2D eigenvalue weighted by atomic mass is 16.3. The van der Waals surface area contributed by atoms with Gasteiger partial charge in [0.1, 0.15) is 0 Å². The molecule has 1 fully saturated rings. The van der Waals surface area contributed by atoms with E-state index in [1.54, 1.807) is 0 Å². The lowest BCUT2D eigenvalue weighted by Crippen LogP contribution is -2.53. The first-order chi connectivity index (χ1) is 7.63. The molecule has 1 rings (SSSR count). The number of aliphatic hydroxyl groups is 1. The van der Waals surface area contributed by atoms with Crippen molar-refractivity contribution in [3.63, 3.8) is 0 Å². The van der Waals surface area contributed by atoms with Crippen LogP contribution in [0.15, 0.2) is 0 Å². The number of terminal acetylenes is 1. The van der Waals surface area contributed by atoms with E-state index in [9.17, 15) is 5.11 Å². The van der Waals surface area contributed by atoms with Gasteiger partial charge in [-0.2, -0.15) is 0 Å². The quantitative estimate of drug-likeness (QED) is 0.584. The normalized spacial score (nSPS) is 22.4. The third kappa shape index (κ3) is 2.99. The number of aliphatic hydroxyl groups excluding tert-OH is 1. The van der Waals surface area contributed by atoms with Crippen LogP contribution in [0.25, 0.3) is 0 Å². The molecule has 1 aliphatic carbocycles. The summed E-state index contributed by atoms with van der Waals surface area (Å²) in [6.45, 7) is 0. The zero-order chi connectivity index (χ0) is 12.0. The summed E-state index contributed by atoms with van der Waals surface area (Å²) >= 11 is 0. The third-order valence-electron chi connectivity index (χ3n) is 4.04. The Morgan fingerprint density at radius 3 is 2.25 bits per heavy atom. The van der Waals surface area contributed by atoms with Crippen molar-refractivity contribution in [3.05, 3.63) is 0 Å². The molecule has 16 heavy (non-hydrogen) atoms. The van der Waals surface area contributed by atoms with Gasteiger partial charge in [0.2, 0.25) is 0 Å². The molecule has 0 aromatic carbocycles. The molecule has 0 amide bonds. The number of likely N-dealkylation sites (N-methyl/N-ethyl adjacent to an activating group) is 1. The summed E-state index contributed by atoms with van der Waals surface area (Å²) < 4.78 is 0. The minimum Gasteiger partial charge on any atom is -0.391 e. The van der Waals surface area contributed by atoms with Crippen LogP contribution in [0, 0.1) is 12.3 Å². The van der Waals surface area contributed by atoms with E-state index in [2.05, 4.69) is 24.9 Å². The molecule has 0 heterocycles. The van der Waals surface area contributed by atoms with Crippen molar-refractivity contribution in [2.45, 2.75) is 63.0 Å². The molecule has 0 radical (unpaired) electrons. The predicted molar refractivity (Wildman–Crippen MR) is 68.2 cm³/mol. The van der Waals surface area contributed by atoms with Crippen molar-refractivity contribution in [2.24, 2.45) is 0 Å². The van der Waals surface area contributed by atoms with Crippen molar-refractivity contribution in [2.75, 3.05) is 14.1 Å². The standard InChI is InChI=1S/C14H25NO/c1-4-5-10-13(16)14(15(2)3)11-8-6-7-9-12-14/h1,13,16H,5-12H2,2-3H3. The Labute approximate surface area is 100 Å². The van der Waals surface area contributed by atoms with Gasteiger partial charge in [0, 0.05) is 12.0 Å². The maximum Gasteiger partial charge on any atom is 0.0732 e. The van der Waals surface area contributed by atoms with E-state index >= 15 is 0 Å². The fraction of sp³-hybridized carbons (Fsp3) is 0.857. The molecule has 1 atom stereocenters. The number of hydrogen-bond acceptors (Lipinski definition) is 2. The monoisotopic (exact) mass is 223 g/mol. The summed E-state index contributed by atoms with van der Waals surface area (Å²) in [6.07, 6.45) is 13.7. The Balaban J connectivity index is 2.73. The van der Waals surface area contributed by atoms with E-state index in [1.165, 1.54) is 25.7 Å². The maximum atomic E-state index is 10.4. The molecule has 0 aromatic heterocycles. The van der Waals surface area contributed by atoms with Gasteiger partial charge in [0.05, 0.1) is 6.10 Å². The van der Waals surface area contributed by atoms with Gasteiger partial charge >= 0.3 is 0 Å². The highest BCUT2D eigenvalue weighted by Crippen LogP contribution is 2.35. The molecular formula is C14H25NO. The Morgan fingerprint density at radius 1 is 1.25 bits per heavy atom. The van der Waals surface area contributed by atoms with Crippen LogP contribution in [0.5, 0.6) is 0 Å². The molecule has 0 aromatic rings. The number of hydrogen-bond donors (Lipinski definition) is 1. The van der Waals surface area contributed by atoms with Gasteiger partial charge in [-0.3, -0.25) is 0 Å². The molecule has 1 unspecified atom stereocenters. The lowest BCUT2D eigenvalue weighted by atomic mass is 9.81. The molecule has 92 valence electrons. The van der Waals surface area contributed by atoms with Gasteiger partial charge in [0.15, 0.2) is 0 Å². The minimum absolute atomic E-state index is 0.0344. The van der Waals surface area contributed by atoms with Crippen molar-refractivity contribution >= 4 is 0 Å². The first-order valence-corrected chi connectivity index (χ1v) is 6.42. The molecule has 1 aliphatic rings. The molecule has 0 aliphatic heterocycles. The largest absolute Gasteiger partial charge is 0.391 e. The van der Waals surface area contributed by atoms with Gasteiger partial charge in [-0.15, -0.1) is 12.3 Å². The highest BCUT2D eigenvalue weighted by Gasteiger charge is 2.39. The van der Waals surface area contributed by atoms with Crippen LogP contribution in [-0.4, -0.2) is 35.7 Å². The minimum atomic E-state index is -0.281. The SMILES string of the molecule is C#CCCC(O)C1(N(C)C)CCCCCC1. The summed E-state index contributed by atoms with van der Waals surface area (Å²) in [4.78, 5) is 2.22. The van der Waals surface area contributed by atoms with Crippen LogP contribution in [0.3, 0.4) is 0 Å². The zero-order valence-electron chi connectivity index (χ0n) is 10.7. The second-order valence-corrected chi connectivity index (χ2v) is 5.17. The van der Waals surface area contributed by atoms with Crippen molar-refractivity contribution < 1.29 is 5.11 Å². The average molecular weight is 223 g/mol. The van der Waals surface area contributed by atoms with Crippen LogP contribution in [0.2, 0.25) is 0 Å². The number of rotatable bonds is 4. The molecule has 2 heteroatoms. The Bertz CT molecular complexity index is 234. The second kappa shape index (κ2) is 6.27. The van der Waals surface area contributed by atoms with E-state index in [1.807, 2.05) is 0 Å². The van der Waals surface area contributed by atoms with Crippen molar-refractivity contribution in [1.29, 1.82) is 0 Å². The van der Waals surface area contributed by atoms with Crippen LogP contribution in [0.1, 0.15) is 51.4 Å². The molecule has 0 bridgehead atoms. The number of nitrogens with zero attached hydrogens (tertiary/aromatic N) is 1. The maximum absolute atomic E-state index is 10.4. The zero-order valence-corrected chi connectivity index (χ0v) is 10.7. The molecule has 1 saturated carbocycles. The van der Waals surface area contributed by atoms with Gasteiger partial charge in [-0.25, -0.2) is 0 Å². The molecule has 0 spiro atoms. The lowest BCUT2D eigenvalue weighted by Gasteiger charge is -2.43.